The molecule has 0 aliphatic rings. The van der Waals surface area contributed by atoms with Crippen molar-refractivity contribution in [1.82, 2.24) is 15.2 Å². The first-order valence-corrected chi connectivity index (χ1v) is 10.9. The van der Waals surface area contributed by atoms with Gasteiger partial charge in [-0.2, -0.15) is 0 Å². The molecule has 0 bridgehead atoms. The van der Waals surface area contributed by atoms with Crippen LogP contribution in [0.25, 0.3) is 0 Å². The number of rotatable bonds is 9. The maximum Gasteiger partial charge on any atom is 0.267 e. The number of hydrogen-bond acceptors (Lipinski definition) is 3. The van der Waals surface area contributed by atoms with Crippen LogP contribution in [0.15, 0.2) is 33.3 Å². The quantitative estimate of drug-likeness (QED) is 0.331. The molecule has 142 valence electrons. The molecule has 0 saturated carbocycles. The minimum absolute atomic E-state index is 0.106. The molecule has 0 spiro atoms. The molecule has 0 atom stereocenters. The van der Waals surface area contributed by atoms with Crippen LogP contribution in [0.3, 0.4) is 0 Å². The third-order valence-corrected chi connectivity index (χ3v) is 5.49. The Morgan fingerprint density at radius 1 is 1.31 bits per heavy atom. The second-order valence-electron chi connectivity index (χ2n) is 6.13. The van der Waals surface area contributed by atoms with Crippen molar-refractivity contribution in [3.8, 4) is 5.75 Å². The lowest BCUT2D eigenvalue weighted by atomic mass is 10.1. The second kappa shape index (κ2) is 10.7. The van der Waals surface area contributed by atoms with Crippen molar-refractivity contribution in [2.75, 3.05) is 33.8 Å². The van der Waals surface area contributed by atoms with Gasteiger partial charge in [-0.3, -0.25) is 4.79 Å². The minimum Gasteiger partial charge on any atom is -0.491 e. The van der Waals surface area contributed by atoms with Crippen LogP contribution in [-0.2, 0) is 6.42 Å². The molecule has 1 aromatic heterocycles. The lowest BCUT2D eigenvalue weighted by molar-refractivity contribution is 0.0949. The fourth-order valence-corrected chi connectivity index (χ4v) is 4.55. The van der Waals surface area contributed by atoms with E-state index in [0.717, 1.165) is 43.2 Å². The van der Waals surface area contributed by atoms with Crippen molar-refractivity contribution < 1.29 is 9.53 Å². The Morgan fingerprint density at radius 2 is 2.08 bits per heavy atom. The summed E-state index contributed by atoms with van der Waals surface area (Å²) in [6.07, 6.45) is 3.48. The van der Waals surface area contributed by atoms with E-state index < -0.39 is 0 Å². The fourth-order valence-electron chi connectivity index (χ4n) is 2.36. The highest BCUT2D eigenvalue weighted by atomic mass is 127. The van der Waals surface area contributed by atoms with Gasteiger partial charge in [0.2, 0.25) is 0 Å². The number of carbonyl (C=O) groups is 1. The molecule has 0 unspecified atom stereocenters. The summed E-state index contributed by atoms with van der Waals surface area (Å²) in [6.45, 7) is 2.26. The number of aromatic nitrogens is 1. The average Bonchev–Trinajstić information content (AvgIpc) is 2.99. The van der Waals surface area contributed by atoms with Gasteiger partial charge in [0.15, 0.2) is 0 Å². The zero-order valence-corrected chi connectivity index (χ0v) is 20.1. The molecule has 2 aromatic rings. The third-order valence-electron chi connectivity index (χ3n) is 3.65. The first-order valence-electron chi connectivity index (χ1n) is 8.24. The summed E-state index contributed by atoms with van der Waals surface area (Å²) in [4.78, 5) is 17.1. The number of carbonyl (C=O) groups excluding carboxylic acids is 1. The lowest BCUT2D eigenvalue weighted by Gasteiger charge is -2.14. The predicted molar refractivity (Wildman–Crippen MR) is 120 cm³/mol. The molecule has 8 heteroatoms. The number of amides is 1. The second-order valence-corrected chi connectivity index (χ2v) is 9.06. The number of benzene rings is 1. The molecule has 0 saturated heterocycles. The number of H-pyrrole nitrogens is 1. The number of hydrogen-bond donors (Lipinski definition) is 2. The molecule has 26 heavy (non-hydrogen) atoms. The first-order chi connectivity index (χ1) is 12.4. The van der Waals surface area contributed by atoms with Crippen molar-refractivity contribution in [1.29, 1.82) is 0 Å². The standard InChI is InChI=1S/C18H22Br2IN3O2/c1-24(2)6-3-7-26-17-14(20)8-12(9-15(17)21)4-5-22-18(25)16-10-13(19)11-23-16/h8-11,23H,3-7H2,1-2H3,(H,22,25). The van der Waals surface area contributed by atoms with Crippen molar-refractivity contribution in [3.63, 3.8) is 0 Å². The van der Waals surface area contributed by atoms with Crippen LogP contribution in [0.2, 0.25) is 0 Å². The molecular formula is C18H22Br2IN3O2. The molecule has 0 fully saturated rings. The number of aromatic amines is 1. The average molecular weight is 599 g/mol. The van der Waals surface area contributed by atoms with Crippen molar-refractivity contribution in [3.05, 3.63) is 48.2 Å². The molecule has 2 N–H and O–H groups in total. The Bertz CT molecular complexity index is 727. The van der Waals surface area contributed by atoms with E-state index in [-0.39, 0.29) is 5.91 Å². The lowest BCUT2D eigenvalue weighted by Crippen LogP contribution is -2.25. The summed E-state index contributed by atoms with van der Waals surface area (Å²) < 4.78 is 8.79. The monoisotopic (exact) mass is 597 g/mol. The Labute approximate surface area is 184 Å². The van der Waals surface area contributed by atoms with Crippen molar-refractivity contribution in [2.24, 2.45) is 0 Å². The highest BCUT2D eigenvalue weighted by molar-refractivity contribution is 14.1. The van der Waals surface area contributed by atoms with Gasteiger partial charge in [0.05, 0.1) is 14.6 Å². The Balaban J connectivity index is 1.85. The summed E-state index contributed by atoms with van der Waals surface area (Å²) in [7, 11) is 4.11. The van der Waals surface area contributed by atoms with Gasteiger partial charge in [-0.15, -0.1) is 0 Å². The zero-order chi connectivity index (χ0) is 19.1. The van der Waals surface area contributed by atoms with Gasteiger partial charge in [0.1, 0.15) is 11.4 Å². The van der Waals surface area contributed by atoms with Gasteiger partial charge in [0.25, 0.3) is 5.91 Å². The van der Waals surface area contributed by atoms with Gasteiger partial charge >= 0.3 is 0 Å². The van der Waals surface area contributed by atoms with E-state index in [2.05, 4.69) is 95.9 Å². The van der Waals surface area contributed by atoms with Crippen molar-refractivity contribution in [2.45, 2.75) is 12.8 Å². The normalized spacial score (nSPS) is 11.0. The summed E-state index contributed by atoms with van der Waals surface area (Å²) >= 11 is 9.22. The topological polar surface area (TPSA) is 57.4 Å². The van der Waals surface area contributed by atoms with Gasteiger partial charge in [-0.1, -0.05) is 0 Å². The van der Waals surface area contributed by atoms with E-state index in [4.69, 9.17) is 4.74 Å². The molecule has 1 amide bonds. The van der Waals surface area contributed by atoms with Crippen molar-refractivity contribution >= 4 is 60.4 Å². The van der Waals surface area contributed by atoms with Gasteiger partial charge in [0, 0.05) is 23.8 Å². The predicted octanol–water partition coefficient (Wildman–Crippen LogP) is 4.45. The highest BCUT2D eigenvalue weighted by Gasteiger charge is 2.11. The molecule has 1 aromatic carbocycles. The van der Waals surface area contributed by atoms with Crippen LogP contribution in [0.5, 0.6) is 5.75 Å². The van der Waals surface area contributed by atoms with E-state index in [0.29, 0.717) is 18.8 Å². The Morgan fingerprint density at radius 3 is 2.69 bits per heavy atom. The Kier molecular flexibility index (Phi) is 8.92. The van der Waals surface area contributed by atoms with Gasteiger partial charge in [-0.25, -0.2) is 0 Å². The zero-order valence-electron chi connectivity index (χ0n) is 14.7. The maximum atomic E-state index is 12.0. The molecule has 1 heterocycles. The summed E-state index contributed by atoms with van der Waals surface area (Å²) in [6, 6.07) is 5.92. The van der Waals surface area contributed by atoms with Crippen LogP contribution in [-0.4, -0.2) is 49.6 Å². The van der Waals surface area contributed by atoms with Gasteiger partial charge < -0.3 is 19.9 Å². The SMILES string of the molecule is CN(C)CCCOc1c(Br)cc(CCNC(=O)c2cc(Br)c[nH]2)cc1I. The third kappa shape index (κ3) is 6.86. The minimum atomic E-state index is -0.106. The summed E-state index contributed by atoms with van der Waals surface area (Å²) in [5, 5.41) is 2.92. The number of ether oxygens (including phenoxy) is 1. The van der Waals surface area contributed by atoms with Crippen LogP contribution in [0.4, 0.5) is 0 Å². The molecular weight excluding hydrogens is 577 g/mol. The van der Waals surface area contributed by atoms with E-state index in [1.807, 2.05) is 0 Å². The van der Waals surface area contributed by atoms with E-state index in [1.54, 1.807) is 12.3 Å². The molecule has 0 aliphatic carbocycles. The maximum absolute atomic E-state index is 12.0. The molecule has 5 nitrogen and oxygen atoms in total. The van der Waals surface area contributed by atoms with Crippen LogP contribution in [0.1, 0.15) is 22.5 Å². The largest absolute Gasteiger partial charge is 0.491 e. The Hall–Kier alpha value is -0.580. The number of halogens is 3. The van der Waals surface area contributed by atoms with Crippen LogP contribution in [0, 0.1) is 3.57 Å². The highest BCUT2D eigenvalue weighted by Crippen LogP contribution is 2.32. The van der Waals surface area contributed by atoms with E-state index >= 15 is 0 Å². The molecule has 0 radical (unpaired) electrons. The molecule has 2 rings (SSSR count). The summed E-state index contributed by atoms with van der Waals surface area (Å²) in [5.41, 5.74) is 1.70. The van der Waals surface area contributed by atoms with E-state index in [9.17, 15) is 4.79 Å². The van der Waals surface area contributed by atoms with Crippen LogP contribution >= 0.6 is 54.5 Å². The van der Waals surface area contributed by atoms with E-state index in [1.165, 1.54) is 0 Å². The fraction of sp³-hybridized carbons (Fsp3) is 0.389. The molecule has 0 aliphatic heterocycles. The number of nitrogens with one attached hydrogen (secondary N) is 2. The first kappa shape index (κ1) is 21.7. The van der Waals surface area contributed by atoms with Gasteiger partial charge in [-0.05, 0) is 105 Å². The number of nitrogens with zero attached hydrogens (tertiary/aromatic N) is 1. The smallest absolute Gasteiger partial charge is 0.267 e. The van der Waals surface area contributed by atoms with Crippen LogP contribution < -0.4 is 10.1 Å². The summed E-state index contributed by atoms with van der Waals surface area (Å²) in [5.74, 6) is 0.777.